The predicted octanol–water partition coefficient (Wildman–Crippen LogP) is 2.14. The molecule has 2 aromatic heterocycles. The highest BCUT2D eigenvalue weighted by Gasteiger charge is 2.13. The zero-order chi connectivity index (χ0) is 14.6. The quantitative estimate of drug-likeness (QED) is 0.791. The molecule has 0 saturated carbocycles. The van der Waals surface area contributed by atoms with E-state index in [1.807, 2.05) is 38.3 Å². The molecule has 0 spiro atoms. The smallest absolute Gasteiger partial charge is 0.234 e. The third-order valence-electron chi connectivity index (χ3n) is 2.60. The fourth-order valence-electron chi connectivity index (χ4n) is 1.85. The van der Waals surface area contributed by atoms with Gasteiger partial charge in [0.1, 0.15) is 0 Å². The van der Waals surface area contributed by atoms with E-state index in [4.69, 9.17) is 0 Å². The van der Waals surface area contributed by atoms with Gasteiger partial charge in [-0.15, -0.1) is 11.3 Å². The van der Waals surface area contributed by atoms with Crippen LogP contribution < -0.4 is 10.6 Å². The molecule has 2 rings (SSSR count). The minimum absolute atomic E-state index is 0.00123. The number of aromatic amines is 1. The van der Waals surface area contributed by atoms with E-state index in [9.17, 15) is 4.79 Å². The van der Waals surface area contributed by atoms with Crippen molar-refractivity contribution >= 4 is 17.2 Å². The highest BCUT2D eigenvalue weighted by molar-refractivity contribution is 7.13. The van der Waals surface area contributed by atoms with Gasteiger partial charge in [-0.05, 0) is 32.2 Å². The second-order valence-corrected chi connectivity index (χ2v) is 6.60. The molecular weight excluding hydrogens is 272 g/mol. The molecule has 2 aromatic rings. The van der Waals surface area contributed by atoms with Crippen LogP contribution in [0.25, 0.3) is 10.6 Å². The summed E-state index contributed by atoms with van der Waals surface area (Å²) < 4.78 is 0. The number of hydrogen-bond donors (Lipinski definition) is 3. The van der Waals surface area contributed by atoms with E-state index in [-0.39, 0.29) is 11.4 Å². The van der Waals surface area contributed by atoms with Gasteiger partial charge in [-0.1, -0.05) is 6.07 Å². The van der Waals surface area contributed by atoms with Crippen LogP contribution in [-0.4, -0.2) is 28.2 Å². The van der Waals surface area contributed by atoms with Crippen molar-refractivity contribution in [1.29, 1.82) is 0 Å². The lowest BCUT2D eigenvalue weighted by Crippen LogP contribution is -2.44. The Labute approximate surface area is 122 Å². The molecule has 0 atom stereocenters. The largest absolute Gasteiger partial charge is 0.350 e. The van der Waals surface area contributed by atoms with Crippen molar-refractivity contribution in [2.75, 3.05) is 6.54 Å². The normalized spacial score (nSPS) is 11.6. The number of rotatable bonds is 5. The Morgan fingerprint density at radius 2 is 2.25 bits per heavy atom. The number of H-pyrrole nitrogens is 1. The number of nitrogens with zero attached hydrogens (tertiary/aromatic N) is 1. The van der Waals surface area contributed by atoms with Crippen molar-refractivity contribution in [3.63, 3.8) is 0 Å². The molecule has 0 fully saturated rings. The fraction of sp³-hybridized carbons (Fsp3) is 0.429. The fourth-order valence-corrected chi connectivity index (χ4v) is 2.61. The first-order chi connectivity index (χ1) is 9.46. The van der Waals surface area contributed by atoms with Gasteiger partial charge in [0.15, 0.2) is 0 Å². The lowest BCUT2D eigenvalue weighted by atomic mass is 10.1. The standard InChI is InChI=1S/C14H20N4OS/c1-14(2,3)17-12(19)9-15-7-10-8-16-18-13(10)11-5-4-6-20-11/h4-6,8,15H,7,9H2,1-3H3,(H,16,18)(H,17,19). The zero-order valence-corrected chi connectivity index (χ0v) is 12.8. The third-order valence-corrected chi connectivity index (χ3v) is 3.49. The molecule has 5 nitrogen and oxygen atoms in total. The first-order valence-electron chi connectivity index (χ1n) is 6.53. The first-order valence-corrected chi connectivity index (χ1v) is 7.41. The second kappa shape index (κ2) is 6.19. The van der Waals surface area contributed by atoms with Gasteiger partial charge < -0.3 is 10.6 Å². The third kappa shape index (κ3) is 4.18. The maximum atomic E-state index is 11.7. The monoisotopic (exact) mass is 292 g/mol. The lowest BCUT2D eigenvalue weighted by molar-refractivity contribution is -0.121. The highest BCUT2D eigenvalue weighted by Crippen LogP contribution is 2.25. The van der Waals surface area contributed by atoms with Crippen molar-refractivity contribution in [2.45, 2.75) is 32.9 Å². The van der Waals surface area contributed by atoms with E-state index in [0.717, 1.165) is 16.1 Å². The highest BCUT2D eigenvalue weighted by atomic mass is 32.1. The number of amides is 1. The summed E-state index contributed by atoms with van der Waals surface area (Å²) in [5, 5.41) is 15.2. The Kier molecular flexibility index (Phi) is 4.57. The van der Waals surface area contributed by atoms with E-state index in [1.54, 1.807) is 17.5 Å². The van der Waals surface area contributed by atoms with Gasteiger partial charge in [0.25, 0.3) is 0 Å². The Hall–Kier alpha value is -1.66. The molecule has 0 aromatic carbocycles. The van der Waals surface area contributed by atoms with Crippen molar-refractivity contribution in [2.24, 2.45) is 0 Å². The molecule has 20 heavy (non-hydrogen) atoms. The molecule has 0 bridgehead atoms. The number of aromatic nitrogens is 2. The maximum absolute atomic E-state index is 11.7. The number of carbonyl (C=O) groups is 1. The average Bonchev–Trinajstić information content (AvgIpc) is 2.95. The topological polar surface area (TPSA) is 69.8 Å². The minimum Gasteiger partial charge on any atom is -0.350 e. The molecule has 2 heterocycles. The van der Waals surface area contributed by atoms with Crippen LogP contribution >= 0.6 is 11.3 Å². The number of thiophene rings is 1. The van der Waals surface area contributed by atoms with Gasteiger partial charge in [0.05, 0.1) is 23.3 Å². The molecule has 0 aliphatic rings. The van der Waals surface area contributed by atoms with E-state index >= 15 is 0 Å². The Balaban J connectivity index is 1.87. The van der Waals surface area contributed by atoms with Gasteiger partial charge >= 0.3 is 0 Å². The number of hydrogen-bond acceptors (Lipinski definition) is 4. The van der Waals surface area contributed by atoms with Crippen LogP contribution in [0.1, 0.15) is 26.3 Å². The van der Waals surface area contributed by atoms with Gasteiger partial charge in [-0.25, -0.2) is 0 Å². The molecule has 0 aliphatic heterocycles. The average molecular weight is 292 g/mol. The summed E-state index contributed by atoms with van der Waals surface area (Å²) in [6.45, 7) is 6.81. The first kappa shape index (κ1) is 14.7. The predicted molar refractivity (Wildman–Crippen MR) is 81.5 cm³/mol. The van der Waals surface area contributed by atoms with Crippen molar-refractivity contribution < 1.29 is 4.79 Å². The summed E-state index contributed by atoms with van der Waals surface area (Å²) in [5.74, 6) is -0.00123. The molecule has 0 unspecified atom stereocenters. The molecular formula is C14H20N4OS. The minimum atomic E-state index is -0.198. The summed E-state index contributed by atoms with van der Waals surface area (Å²) in [6.07, 6.45) is 1.80. The van der Waals surface area contributed by atoms with Gasteiger partial charge in [-0.3, -0.25) is 9.89 Å². The van der Waals surface area contributed by atoms with E-state index in [0.29, 0.717) is 13.1 Å². The summed E-state index contributed by atoms with van der Waals surface area (Å²) in [4.78, 5) is 12.9. The maximum Gasteiger partial charge on any atom is 0.234 e. The molecule has 3 N–H and O–H groups in total. The van der Waals surface area contributed by atoms with E-state index in [2.05, 4.69) is 20.8 Å². The Bertz CT molecular complexity index is 554. The molecule has 0 radical (unpaired) electrons. The second-order valence-electron chi connectivity index (χ2n) is 5.65. The molecule has 0 saturated heterocycles. The van der Waals surface area contributed by atoms with Crippen molar-refractivity contribution in [3.8, 4) is 10.6 Å². The van der Waals surface area contributed by atoms with Crippen LogP contribution in [0.3, 0.4) is 0 Å². The van der Waals surface area contributed by atoms with Gasteiger partial charge in [0, 0.05) is 17.6 Å². The molecule has 6 heteroatoms. The Morgan fingerprint density at radius 3 is 2.90 bits per heavy atom. The summed E-state index contributed by atoms with van der Waals surface area (Å²) in [7, 11) is 0. The zero-order valence-electron chi connectivity index (χ0n) is 12.0. The van der Waals surface area contributed by atoms with Crippen LogP contribution in [0, 0.1) is 0 Å². The van der Waals surface area contributed by atoms with Crippen molar-refractivity contribution in [1.82, 2.24) is 20.8 Å². The molecule has 0 aliphatic carbocycles. The van der Waals surface area contributed by atoms with E-state index in [1.165, 1.54) is 0 Å². The summed E-state index contributed by atoms with van der Waals surface area (Å²) in [6, 6.07) is 4.06. The van der Waals surface area contributed by atoms with E-state index < -0.39 is 0 Å². The van der Waals surface area contributed by atoms with Crippen LogP contribution in [-0.2, 0) is 11.3 Å². The van der Waals surface area contributed by atoms with Gasteiger partial charge in [-0.2, -0.15) is 5.10 Å². The summed E-state index contributed by atoms with van der Waals surface area (Å²) >= 11 is 1.66. The van der Waals surface area contributed by atoms with Crippen LogP contribution in [0.2, 0.25) is 0 Å². The van der Waals surface area contributed by atoms with Crippen LogP contribution in [0.5, 0.6) is 0 Å². The Morgan fingerprint density at radius 1 is 1.45 bits per heavy atom. The SMILES string of the molecule is CC(C)(C)NC(=O)CNCc1cn[nH]c1-c1cccs1. The molecule has 1 amide bonds. The van der Waals surface area contributed by atoms with Crippen LogP contribution in [0.15, 0.2) is 23.7 Å². The van der Waals surface area contributed by atoms with Gasteiger partial charge in [0.2, 0.25) is 5.91 Å². The van der Waals surface area contributed by atoms with Crippen molar-refractivity contribution in [3.05, 3.63) is 29.3 Å². The number of carbonyl (C=O) groups excluding carboxylic acids is 1. The number of nitrogens with one attached hydrogen (secondary N) is 3. The van der Waals surface area contributed by atoms with Crippen LogP contribution in [0.4, 0.5) is 0 Å². The molecule has 108 valence electrons. The summed E-state index contributed by atoms with van der Waals surface area (Å²) in [5.41, 5.74) is 1.89. The lowest BCUT2D eigenvalue weighted by Gasteiger charge is -2.20.